The molecule has 0 spiro atoms. The standard InChI is InChI=1S/C9H10N10S/c20-18-16-14-12-10-11-13-15-17-19-7-3-5-8-4-1-2-6-9(8)19/h1-2,4,6H,3,5,7H2. The maximum Gasteiger partial charge on any atom is 0.0671 e. The Hall–Kier alpha value is -2.56. The van der Waals surface area contributed by atoms with Gasteiger partial charge >= 0.3 is 0 Å². The summed E-state index contributed by atoms with van der Waals surface area (Å²) >= 11 is 4.15. The van der Waals surface area contributed by atoms with E-state index >= 15 is 0 Å². The summed E-state index contributed by atoms with van der Waals surface area (Å²) in [6.45, 7) is 0.784. The summed E-state index contributed by atoms with van der Waals surface area (Å²) in [6.07, 6.45) is 2.05. The largest absolute Gasteiger partial charge is 0.245 e. The van der Waals surface area contributed by atoms with Crippen molar-refractivity contribution in [1.29, 1.82) is 0 Å². The van der Waals surface area contributed by atoms with Gasteiger partial charge in [-0.15, -0.1) is 0 Å². The summed E-state index contributed by atoms with van der Waals surface area (Å²) in [5.74, 6) is 0. The predicted octanol–water partition coefficient (Wildman–Crippen LogP) is 3.55. The Balaban J connectivity index is 1.92. The highest BCUT2D eigenvalue weighted by Crippen LogP contribution is 2.26. The number of hydrogen-bond acceptors (Lipinski definition) is 2. The molecular weight excluding hydrogens is 280 g/mol. The number of para-hydroxylation sites is 1. The average Bonchev–Trinajstić information content (AvgIpc) is 2.50. The van der Waals surface area contributed by atoms with Crippen LogP contribution >= 0.6 is 0 Å². The number of hydrogen-bond donors (Lipinski definition) is 0. The van der Waals surface area contributed by atoms with Crippen LogP contribution in [0.4, 0.5) is 5.69 Å². The van der Waals surface area contributed by atoms with E-state index in [1.807, 2.05) is 18.2 Å². The zero-order valence-electron chi connectivity index (χ0n) is 10.3. The predicted molar refractivity (Wildman–Crippen MR) is 71.3 cm³/mol. The molecule has 0 unspecified atom stereocenters. The smallest absolute Gasteiger partial charge is 0.0671 e. The fourth-order valence-corrected chi connectivity index (χ4v) is 1.81. The van der Waals surface area contributed by atoms with E-state index in [0.29, 0.717) is 0 Å². The van der Waals surface area contributed by atoms with Crippen LogP contribution in [0.2, 0.25) is 0 Å². The van der Waals surface area contributed by atoms with Gasteiger partial charge in [-0.25, -0.2) is 5.01 Å². The van der Waals surface area contributed by atoms with Gasteiger partial charge in [-0.05, 0) is 66.3 Å². The van der Waals surface area contributed by atoms with Gasteiger partial charge in [-0.2, -0.15) is 0 Å². The second-order valence-electron chi connectivity index (χ2n) is 3.65. The second-order valence-corrected chi connectivity index (χ2v) is 3.82. The molecule has 0 radical (unpaired) electrons. The van der Waals surface area contributed by atoms with Crippen molar-refractivity contribution in [2.45, 2.75) is 12.8 Å². The van der Waals surface area contributed by atoms with Crippen molar-refractivity contribution < 1.29 is 0 Å². The molecule has 0 N–H and O–H groups in total. The first-order valence-corrected chi connectivity index (χ1v) is 6.07. The zero-order valence-corrected chi connectivity index (χ0v) is 11.1. The third kappa shape index (κ3) is 3.98. The van der Waals surface area contributed by atoms with Crippen LogP contribution < -0.4 is 5.01 Å². The quantitative estimate of drug-likeness (QED) is 0.609. The lowest BCUT2D eigenvalue weighted by Crippen LogP contribution is -2.23. The number of anilines is 1. The molecule has 0 aliphatic carbocycles. The summed E-state index contributed by atoms with van der Waals surface area (Å²) in [7, 11) is 0. The van der Waals surface area contributed by atoms with Gasteiger partial charge in [0.15, 0.2) is 0 Å². The molecule has 0 aromatic heterocycles. The molecule has 11 heteroatoms. The van der Waals surface area contributed by atoms with E-state index in [9.17, 15) is 0 Å². The Bertz CT molecular complexity index is 566. The number of rotatable bonds is 5. The first-order valence-electron chi connectivity index (χ1n) is 5.70. The maximum absolute atomic E-state index is 4.15. The van der Waals surface area contributed by atoms with Crippen LogP contribution in [0.15, 0.2) is 70.5 Å². The van der Waals surface area contributed by atoms with Crippen LogP contribution in [0, 0.1) is 0 Å². The third-order valence-electron chi connectivity index (χ3n) is 2.51. The van der Waals surface area contributed by atoms with E-state index in [2.05, 4.69) is 64.7 Å². The van der Waals surface area contributed by atoms with Gasteiger partial charge in [0, 0.05) is 6.54 Å². The molecule has 1 aromatic rings. The number of benzene rings is 1. The van der Waals surface area contributed by atoms with Gasteiger partial charge in [0.25, 0.3) is 0 Å². The molecule has 20 heavy (non-hydrogen) atoms. The van der Waals surface area contributed by atoms with Crippen LogP contribution in [-0.4, -0.2) is 6.54 Å². The fourth-order valence-electron chi connectivity index (χ4n) is 1.78. The first-order chi connectivity index (χ1) is 9.92. The van der Waals surface area contributed by atoms with Crippen molar-refractivity contribution in [1.82, 2.24) is 0 Å². The van der Waals surface area contributed by atoms with E-state index in [4.69, 9.17) is 0 Å². The lowest BCUT2D eigenvalue weighted by molar-refractivity contribution is 0.671. The molecule has 1 aliphatic rings. The maximum atomic E-state index is 4.15. The van der Waals surface area contributed by atoms with Gasteiger partial charge in [0.1, 0.15) is 0 Å². The molecule has 0 atom stereocenters. The van der Waals surface area contributed by atoms with Crippen LogP contribution in [0.5, 0.6) is 0 Å². The first kappa shape index (κ1) is 13.9. The third-order valence-corrected chi connectivity index (χ3v) is 2.58. The number of nitrogens with zero attached hydrogens (tertiary/aromatic N) is 10. The van der Waals surface area contributed by atoms with Crippen LogP contribution in [-0.2, 0) is 18.8 Å². The Kier molecular flexibility index (Phi) is 5.39. The number of fused-ring (bicyclic) bond motifs is 1. The van der Waals surface area contributed by atoms with E-state index in [1.165, 1.54) is 5.56 Å². The van der Waals surface area contributed by atoms with Crippen molar-refractivity contribution in [2.75, 3.05) is 11.6 Å². The second kappa shape index (κ2) is 7.78. The molecule has 1 heterocycles. The molecule has 2 rings (SSSR count). The van der Waals surface area contributed by atoms with E-state index in [-0.39, 0.29) is 0 Å². The zero-order chi connectivity index (χ0) is 14.0. The van der Waals surface area contributed by atoms with Gasteiger partial charge in [-0.3, -0.25) is 0 Å². The van der Waals surface area contributed by atoms with Crippen molar-refractivity contribution in [3.05, 3.63) is 29.8 Å². The van der Waals surface area contributed by atoms with Crippen molar-refractivity contribution in [3.63, 3.8) is 0 Å². The molecule has 0 bridgehead atoms. The summed E-state index contributed by atoms with van der Waals surface area (Å²) in [6, 6.07) is 8.02. The van der Waals surface area contributed by atoms with E-state index in [1.54, 1.807) is 5.01 Å². The van der Waals surface area contributed by atoms with Gasteiger partial charge < -0.3 is 0 Å². The van der Waals surface area contributed by atoms with Gasteiger partial charge in [0.05, 0.1) is 18.1 Å². The molecule has 0 saturated heterocycles. The summed E-state index contributed by atoms with van der Waals surface area (Å²) < 4.78 is 2.92. The highest BCUT2D eigenvalue weighted by atomic mass is 32.1. The molecule has 102 valence electrons. The van der Waals surface area contributed by atoms with Crippen LogP contribution in [0.1, 0.15) is 12.0 Å². The minimum atomic E-state index is 0.784. The molecule has 1 aliphatic heterocycles. The summed E-state index contributed by atoms with van der Waals surface area (Å²) in [5, 5.41) is 28.3. The average molecular weight is 290 g/mol. The normalized spacial score (nSPS) is 15.7. The van der Waals surface area contributed by atoms with Crippen molar-refractivity contribution in [3.8, 4) is 0 Å². The van der Waals surface area contributed by atoms with Gasteiger partial charge in [-0.1, -0.05) is 22.7 Å². The Morgan fingerprint density at radius 2 is 1.60 bits per heavy atom. The lowest BCUT2D eigenvalue weighted by Gasteiger charge is -2.24. The minimum absolute atomic E-state index is 0.784. The lowest BCUT2D eigenvalue weighted by atomic mass is 10.0. The van der Waals surface area contributed by atoms with Crippen LogP contribution in [0.25, 0.3) is 0 Å². The van der Waals surface area contributed by atoms with E-state index in [0.717, 1.165) is 25.1 Å². The number of aryl methyl sites for hydroxylation is 1. The topological polar surface area (TPSA) is 114 Å². The molecule has 0 saturated carbocycles. The van der Waals surface area contributed by atoms with E-state index < -0.39 is 0 Å². The highest BCUT2D eigenvalue weighted by molar-refractivity contribution is 7.47. The molecular formula is C9H10N10S. The Labute approximate surface area is 119 Å². The summed E-state index contributed by atoms with van der Waals surface area (Å²) in [4.78, 5) is 0. The van der Waals surface area contributed by atoms with Crippen molar-refractivity contribution in [2.24, 2.45) is 46.3 Å². The monoisotopic (exact) mass is 290 g/mol. The molecule has 1 aromatic carbocycles. The highest BCUT2D eigenvalue weighted by Gasteiger charge is 2.15. The fraction of sp³-hybridized carbons (Fsp3) is 0.333. The Morgan fingerprint density at radius 1 is 0.900 bits per heavy atom. The Morgan fingerprint density at radius 3 is 2.40 bits per heavy atom. The molecule has 0 amide bonds. The van der Waals surface area contributed by atoms with Crippen molar-refractivity contribution >= 4 is 18.1 Å². The SMILES string of the molecule is S=NN=NN=NN=NN=NN1CCCc2ccccc21. The molecule has 10 nitrogen and oxygen atoms in total. The van der Waals surface area contributed by atoms with Crippen LogP contribution in [0.3, 0.4) is 0 Å². The van der Waals surface area contributed by atoms with Gasteiger partial charge in [0.2, 0.25) is 0 Å². The summed E-state index contributed by atoms with van der Waals surface area (Å²) in [5.41, 5.74) is 2.27. The molecule has 0 fully saturated rings. The minimum Gasteiger partial charge on any atom is -0.245 e.